The number of rotatable bonds is 6. The predicted octanol–water partition coefficient (Wildman–Crippen LogP) is 5.47. The SMILES string of the molecule is Cc1ccc(-c2cc(NCc3cccc(CN4CCCNCCNCCCNCC4)c3)n[nH]2)cc1.Cl.Cl.Cl.Cl.Cl. The lowest BCUT2D eigenvalue weighted by Gasteiger charge is -2.23. The van der Waals surface area contributed by atoms with E-state index in [4.69, 9.17) is 0 Å². The van der Waals surface area contributed by atoms with Crippen molar-refractivity contribution in [1.82, 2.24) is 31.0 Å². The van der Waals surface area contributed by atoms with Gasteiger partial charge in [0.2, 0.25) is 0 Å². The van der Waals surface area contributed by atoms with E-state index < -0.39 is 0 Å². The van der Waals surface area contributed by atoms with Crippen LogP contribution in [0.3, 0.4) is 0 Å². The quantitative estimate of drug-likeness (QED) is 0.242. The van der Waals surface area contributed by atoms with Crippen molar-refractivity contribution in [3.8, 4) is 11.3 Å². The minimum atomic E-state index is 0. The van der Waals surface area contributed by atoms with Crippen LogP contribution >= 0.6 is 62.0 Å². The van der Waals surface area contributed by atoms with Crippen molar-refractivity contribution in [3.63, 3.8) is 0 Å². The van der Waals surface area contributed by atoms with Crippen molar-refractivity contribution in [3.05, 3.63) is 71.3 Å². The molecule has 2 aromatic carbocycles. The molecule has 1 fully saturated rings. The highest BCUT2D eigenvalue weighted by Gasteiger charge is 2.08. The molecule has 5 N–H and O–H groups in total. The van der Waals surface area contributed by atoms with E-state index in [0.717, 1.165) is 82.5 Å². The summed E-state index contributed by atoms with van der Waals surface area (Å²) in [4.78, 5) is 2.58. The Bertz CT molecular complexity index is 1010. The van der Waals surface area contributed by atoms with E-state index in [0.29, 0.717) is 0 Å². The molecule has 7 nitrogen and oxygen atoms in total. The van der Waals surface area contributed by atoms with Gasteiger partial charge < -0.3 is 21.3 Å². The van der Waals surface area contributed by atoms with E-state index in [1.807, 2.05) is 0 Å². The largest absolute Gasteiger partial charge is 0.365 e. The van der Waals surface area contributed by atoms with Gasteiger partial charge in [0.25, 0.3) is 0 Å². The summed E-state index contributed by atoms with van der Waals surface area (Å²) in [7, 11) is 0. The summed E-state index contributed by atoms with van der Waals surface area (Å²) < 4.78 is 0. The minimum Gasteiger partial charge on any atom is -0.365 e. The number of aromatic amines is 1. The summed E-state index contributed by atoms with van der Waals surface area (Å²) in [5.41, 5.74) is 6.08. The number of hydrogen-bond donors (Lipinski definition) is 5. The lowest BCUT2D eigenvalue weighted by Crippen LogP contribution is -2.36. The summed E-state index contributed by atoms with van der Waals surface area (Å²) in [6.45, 7) is 12.4. The van der Waals surface area contributed by atoms with Crippen LogP contribution in [0.1, 0.15) is 29.5 Å². The summed E-state index contributed by atoms with van der Waals surface area (Å²) in [6.07, 6.45) is 2.35. The minimum absolute atomic E-state index is 0. The predicted molar refractivity (Wildman–Crippen MR) is 182 cm³/mol. The summed E-state index contributed by atoms with van der Waals surface area (Å²) in [6, 6.07) is 19.5. The van der Waals surface area contributed by atoms with E-state index in [2.05, 4.69) is 97.9 Å². The monoisotopic (exact) mass is 655 g/mol. The molecule has 1 aliphatic heterocycles. The second-order valence-corrected chi connectivity index (χ2v) is 9.44. The van der Waals surface area contributed by atoms with Gasteiger partial charge in [0.15, 0.2) is 0 Å². The van der Waals surface area contributed by atoms with Gasteiger partial charge in [0.1, 0.15) is 5.82 Å². The standard InChI is InChI=1S/C28H41N7.5ClH/c1-23-7-9-26(10-8-23)27-20-28(34-33-27)32-21-24-5-2-6-25(19-24)22-35-17-4-13-30-15-14-29-11-3-12-31-16-18-35;;;;;/h2,5-10,19-20,29-31H,3-4,11-18,21-22H2,1H3,(H2,32,33,34);5*1H. The molecule has 228 valence electrons. The molecule has 1 aliphatic rings. The third-order valence-corrected chi connectivity index (χ3v) is 6.43. The van der Waals surface area contributed by atoms with Crippen LogP contribution in [0.4, 0.5) is 5.82 Å². The molecular weight excluding hydrogens is 612 g/mol. The summed E-state index contributed by atoms with van der Waals surface area (Å²) >= 11 is 0. The average molecular weight is 658 g/mol. The maximum atomic E-state index is 4.45. The number of H-pyrrole nitrogens is 1. The van der Waals surface area contributed by atoms with Crippen LogP contribution in [0.15, 0.2) is 54.6 Å². The van der Waals surface area contributed by atoms with Gasteiger partial charge >= 0.3 is 0 Å². The van der Waals surface area contributed by atoms with Gasteiger partial charge in [-0.05, 0) is 62.6 Å². The van der Waals surface area contributed by atoms with Crippen LogP contribution in [0.5, 0.6) is 0 Å². The summed E-state index contributed by atoms with van der Waals surface area (Å²) in [5, 5.41) is 21.7. The molecule has 1 saturated heterocycles. The topological polar surface area (TPSA) is 80.0 Å². The average Bonchev–Trinajstić information content (AvgIpc) is 3.35. The van der Waals surface area contributed by atoms with Crippen LogP contribution in [-0.4, -0.2) is 67.5 Å². The Morgan fingerprint density at radius 1 is 0.725 bits per heavy atom. The van der Waals surface area contributed by atoms with Gasteiger partial charge in [-0.25, -0.2) is 0 Å². The molecular formula is C28H46Cl5N7. The number of anilines is 1. The molecule has 40 heavy (non-hydrogen) atoms. The molecule has 0 spiro atoms. The molecule has 0 saturated carbocycles. The van der Waals surface area contributed by atoms with Crippen LogP contribution < -0.4 is 21.3 Å². The molecule has 3 aromatic rings. The first-order valence-electron chi connectivity index (χ1n) is 13.0. The Morgan fingerprint density at radius 2 is 1.38 bits per heavy atom. The van der Waals surface area contributed by atoms with Gasteiger partial charge in [0.05, 0.1) is 5.69 Å². The van der Waals surface area contributed by atoms with Crippen LogP contribution in [0, 0.1) is 6.92 Å². The van der Waals surface area contributed by atoms with E-state index in [9.17, 15) is 0 Å². The van der Waals surface area contributed by atoms with Gasteiger partial charge in [-0.2, -0.15) is 5.10 Å². The molecule has 1 aromatic heterocycles. The molecule has 0 aliphatic carbocycles. The number of benzene rings is 2. The lowest BCUT2D eigenvalue weighted by molar-refractivity contribution is 0.260. The molecule has 0 amide bonds. The number of halogens is 5. The van der Waals surface area contributed by atoms with Crippen molar-refractivity contribution < 1.29 is 0 Å². The second kappa shape index (κ2) is 23.3. The van der Waals surface area contributed by atoms with Crippen molar-refractivity contribution in [2.24, 2.45) is 0 Å². The van der Waals surface area contributed by atoms with Crippen molar-refractivity contribution >= 4 is 67.9 Å². The van der Waals surface area contributed by atoms with Crippen LogP contribution in [0.25, 0.3) is 11.3 Å². The fraction of sp³-hybridized carbons (Fsp3) is 0.464. The molecule has 2 heterocycles. The third-order valence-electron chi connectivity index (χ3n) is 6.43. The fourth-order valence-corrected chi connectivity index (χ4v) is 4.41. The van der Waals surface area contributed by atoms with E-state index in [-0.39, 0.29) is 62.0 Å². The molecule has 0 radical (unpaired) electrons. The Kier molecular flexibility index (Phi) is 23.8. The van der Waals surface area contributed by atoms with Crippen LogP contribution in [0.2, 0.25) is 0 Å². The number of nitrogens with one attached hydrogen (secondary N) is 5. The highest BCUT2D eigenvalue weighted by atomic mass is 35.5. The lowest BCUT2D eigenvalue weighted by atomic mass is 10.1. The highest BCUT2D eigenvalue weighted by molar-refractivity contribution is 5.86. The summed E-state index contributed by atoms with van der Waals surface area (Å²) in [5.74, 6) is 0.870. The van der Waals surface area contributed by atoms with Crippen molar-refractivity contribution in [1.29, 1.82) is 0 Å². The fourth-order valence-electron chi connectivity index (χ4n) is 4.41. The zero-order valence-electron chi connectivity index (χ0n) is 23.1. The van der Waals surface area contributed by atoms with Gasteiger partial charge in [-0.15, -0.1) is 62.0 Å². The van der Waals surface area contributed by atoms with Gasteiger partial charge in [-0.1, -0.05) is 54.1 Å². The number of nitrogens with zero attached hydrogens (tertiary/aromatic N) is 2. The van der Waals surface area contributed by atoms with Gasteiger partial charge in [0, 0.05) is 45.3 Å². The molecule has 4 rings (SSSR count). The van der Waals surface area contributed by atoms with Crippen molar-refractivity contribution in [2.45, 2.75) is 32.9 Å². The number of aryl methyl sites for hydroxylation is 1. The zero-order chi connectivity index (χ0) is 24.1. The zero-order valence-corrected chi connectivity index (χ0v) is 27.2. The van der Waals surface area contributed by atoms with Gasteiger partial charge in [-0.3, -0.25) is 10.00 Å². The Labute approximate surface area is 270 Å². The molecule has 12 heteroatoms. The van der Waals surface area contributed by atoms with E-state index in [1.54, 1.807) is 0 Å². The van der Waals surface area contributed by atoms with Crippen molar-refractivity contribution in [2.75, 3.05) is 57.7 Å². The normalized spacial score (nSPS) is 14.9. The van der Waals surface area contributed by atoms with E-state index >= 15 is 0 Å². The maximum Gasteiger partial charge on any atom is 0.148 e. The highest BCUT2D eigenvalue weighted by Crippen LogP contribution is 2.20. The molecule has 0 unspecified atom stereocenters. The first-order valence-corrected chi connectivity index (χ1v) is 13.0. The maximum absolute atomic E-state index is 4.45. The van der Waals surface area contributed by atoms with Crippen LogP contribution in [-0.2, 0) is 13.1 Å². The first kappa shape index (κ1) is 40.9. The smallest absolute Gasteiger partial charge is 0.148 e. The Balaban J connectivity index is 0. The number of hydrogen-bond acceptors (Lipinski definition) is 6. The number of aromatic nitrogens is 2. The van der Waals surface area contributed by atoms with E-state index in [1.165, 1.54) is 29.5 Å². The first-order chi connectivity index (χ1) is 17.3. The third kappa shape index (κ3) is 14.6. The Hall–Kier alpha value is -1.26. The molecule has 0 bridgehead atoms. The Morgan fingerprint density at radius 3 is 2.10 bits per heavy atom. The molecule has 0 atom stereocenters. The second-order valence-electron chi connectivity index (χ2n) is 9.44.